The van der Waals surface area contributed by atoms with Gasteiger partial charge in [-0.2, -0.15) is 0 Å². The molecule has 3 N–H and O–H groups in total. The van der Waals surface area contributed by atoms with Crippen LogP contribution in [0.25, 0.3) is 0 Å². The van der Waals surface area contributed by atoms with Gasteiger partial charge in [-0.1, -0.05) is 0 Å². The first-order valence-electron chi connectivity index (χ1n) is 4.05. The molecular weight excluding hydrogens is 174 g/mol. The van der Waals surface area contributed by atoms with Crippen molar-refractivity contribution in [3.05, 3.63) is 0 Å². The second kappa shape index (κ2) is 4.45. The lowest BCUT2D eigenvalue weighted by atomic mass is 10.7. The van der Waals surface area contributed by atoms with Gasteiger partial charge in [-0.25, -0.2) is 0 Å². The van der Waals surface area contributed by atoms with Crippen molar-refractivity contribution in [2.75, 3.05) is 18.6 Å². The molecule has 1 aliphatic rings. The number of hydrogen-bond acceptors (Lipinski definition) is 2. The van der Waals surface area contributed by atoms with E-state index in [0.717, 1.165) is 0 Å². The topological polar surface area (TPSA) is 67.5 Å². The Morgan fingerprint density at radius 3 is 2.92 bits per heavy atom. The van der Waals surface area contributed by atoms with Gasteiger partial charge in [0.1, 0.15) is 0 Å². The second-order valence-corrected chi connectivity index (χ2v) is 4.52. The zero-order chi connectivity index (χ0) is 8.97. The first kappa shape index (κ1) is 9.51. The quantitative estimate of drug-likeness (QED) is 0.460. The molecular formula is C7H15N3OS. The predicted octanol–water partition coefficient (Wildman–Crippen LogP) is -0.568. The van der Waals surface area contributed by atoms with Crippen LogP contribution in [0, 0.1) is 0 Å². The van der Waals surface area contributed by atoms with Crippen molar-refractivity contribution in [3.63, 3.8) is 0 Å². The normalized spacial score (nSPS) is 20.6. The lowest BCUT2D eigenvalue weighted by Crippen LogP contribution is -2.33. The smallest absolute Gasteiger partial charge is 0.188 e. The average Bonchev–Trinajstić information content (AvgIpc) is 2.70. The van der Waals surface area contributed by atoms with Gasteiger partial charge in [-0.3, -0.25) is 9.20 Å². The third-order valence-corrected chi connectivity index (χ3v) is 2.35. The van der Waals surface area contributed by atoms with E-state index in [1.54, 1.807) is 6.26 Å². The fraction of sp³-hybridized carbons (Fsp3) is 0.857. The van der Waals surface area contributed by atoms with Gasteiger partial charge in [-0.15, -0.1) is 0 Å². The van der Waals surface area contributed by atoms with Gasteiger partial charge in [-0.05, 0) is 12.8 Å². The summed E-state index contributed by atoms with van der Waals surface area (Å²) < 4.78 is 10.6. The lowest BCUT2D eigenvalue weighted by molar-refractivity contribution is 0.686. The highest BCUT2D eigenvalue weighted by atomic mass is 32.2. The molecule has 70 valence electrons. The Balaban J connectivity index is 2.11. The number of nitrogens with one attached hydrogen (secondary N) is 1. The van der Waals surface area contributed by atoms with Crippen molar-refractivity contribution >= 4 is 16.8 Å². The van der Waals surface area contributed by atoms with E-state index in [1.807, 2.05) is 0 Å². The minimum Gasteiger partial charge on any atom is -0.370 e. The Kier molecular flexibility index (Phi) is 3.52. The molecule has 12 heavy (non-hydrogen) atoms. The Bertz CT molecular complexity index is 201. The molecule has 1 unspecified atom stereocenters. The van der Waals surface area contributed by atoms with Crippen LogP contribution < -0.4 is 11.1 Å². The first-order chi connectivity index (χ1) is 5.68. The van der Waals surface area contributed by atoms with Crippen LogP contribution in [0.1, 0.15) is 12.8 Å². The molecule has 0 heterocycles. The van der Waals surface area contributed by atoms with Crippen molar-refractivity contribution in [2.45, 2.75) is 18.9 Å². The first-order valence-corrected chi connectivity index (χ1v) is 5.77. The van der Waals surface area contributed by atoms with Gasteiger partial charge in [0.05, 0.1) is 6.54 Å². The van der Waals surface area contributed by atoms with E-state index in [0.29, 0.717) is 24.3 Å². The zero-order valence-electron chi connectivity index (χ0n) is 7.25. The summed E-state index contributed by atoms with van der Waals surface area (Å²) in [7, 11) is -0.769. The summed E-state index contributed by atoms with van der Waals surface area (Å²) in [5.74, 6) is 1.08. The van der Waals surface area contributed by atoms with E-state index in [2.05, 4.69) is 10.3 Å². The minimum atomic E-state index is -0.769. The van der Waals surface area contributed by atoms with E-state index in [-0.39, 0.29) is 0 Å². The van der Waals surface area contributed by atoms with Crippen molar-refractivity contribution < 1.29 is 4.21 Å². The van der Waals surface area contributed by atoms with Crippen molar-refractivity contribution in [1.82, 2.24) is 5.32 Å². The number of nitrogens with zero attached hydrogens (tertiary/aromatic N) is 1. The molecule has 0 aromatic rings. The van der Waals surface area contributed by atoms with E-state index in [9.17, 15) is 4.21 Å². The molecule has 0 spiro atoms. The zero-order valence-corrected chi connectivity index (χ0v) is 8.06. The molecule has 1 aliphatic carbocycles. The summed E-state index contributed by atoms with van der Waals surface area (Å²) in [4.78, 5) is 4.03. The van der Waals surface area contributed by atoms with Crippen LogP contribution in [0.15, 0.2) is 4.99 Å². The number of rotatable bonds is 4. The SMILES string of the molecule is CS(=O)CCN=C(N)NC1CC1. The van der Waals surface area contributed by atoms with E-state index in [4.69, 9.17) is 5.73 Å². The fourth-order valence-electron chi connectivity index (χ4n) is 0.777. The highest BCUT2D eigenvalue weighted by Gasteiger charge is 2.21. The summed E-state index contributed by atoms with van der Waals surface area (Å²) in [5, 5.41) is 3.06. The van der Waals surface area contributed by atoms with E-state index >= 15 is 0 Å². The summed E-state index contributed by atoms with van der Waals surface area (Å²) in [5.41, 5.74) is 5.54. The molecule has 4 nitrogen and oxygen atoms in total. The van der Waals surface area contributed by atoms with Crippen LogP contribution in [0.2, 0.25) is 0 Å². The van der Waals surface area contributed by atoms with Crippen LogP contribution in [0.4, 0.5) is 0 Å². The van der Waals surface area contributed by atoms with Crippen LogP contribution in [0.3, 0.4) is 0 Å². The fourth-order valence-corrected chi connectivity index (χ4v) is 1.13. The van der Waals surface area contributed by atoms with Gasteiger partial charge in [0.25, 0.3) is 0 Å². The molecule has 1 fully saturated rings. The third kappa shape index (κ3) is 4.33. The maximum absolute atomic E-state index is 10.6. The molecule has 1 atom stereocenters. The molecule has 0 bridgehead atoms. The van der Waals surface area contributed by atoms with Gasteiger partial charge < -0.3 is 11.1 Å². The Hall–Kier alpha value is -0.580. The van der Waals surface area contributed by atoms with Crippen LogP contribution >= 0.6 is 0 Å². The van der Waals surface area contributed by atoms with Gasteiger partial charge in [0.15, 0.2) is 5.96 Å². The van der Waals surface area contributed by atoms with Crippen molar-refractivity contribution in [2.24, 2.45) is 10.7 Å². The molecule has 1 saturated carbocycles. The van der Waals surface area contributed by atoms with Gasteiger partial charge in [0, 0.05) is 28.9 Å². The maximum atomic E-state index is 10.6. The summed E-state index contributed by atoms with van der Waals surface area (Å²) in [6, 6.07) is 0.542. The third-order valence-electron chi connectivity index (χ3n) is 1.59. The molecule has 5 heteroatoms. The highest BCUT2D eigenvalue weighted by Crippen LogP contribution is 2.17. The van der Waals surface area contributed by atoms with Crippen LogP contribution in [0.5, 0.6) is 0 Å². The van der Waals surface area contributed by atoms with Crippen LogP contribution in [-0.4, -0.2) is 34.8 Å². The van der Waals surface area contributed by atoms with Crippen molar-refractivity contribution in [3.8, 4) is 0 Å². The van der Waals surface area contributed by atoms with Gasteiger partial charge in [0.2, 0.25) is 0 Å². The summed E-state index contributed by atoms with van der Waals surface area (Å²) >= 11 is 0. The summed E-state index contributed by atoms with van der Waals surface area (Å²) in [6.45, 7) is 0.550. The molecule has 0 radical (unpaired) electrons. The largest absolute Gasteiger partial charge is 0.370 e. The Labute approximate surface area is 75.1 Å². The predicted molar refractivity (Wildman–Crippen MR) is 51.6 cm³/mol. The number of nitrogens with two attached hydrogens (primary N) is 1. The van der Waals surface area contributed by atoms with Crippen LogP contribution in [-0.2, 0) is 10.8 Å². The van der Waals surface area contributed by atoms with E-state index in [1.165, 1.54) is 12.8 Å². The monoisotopic (exact) mass is 189 g/mol. The highest BCUT2D eigenvalue weighted by molar-refractivity contribution is 7.84. The Morgan fingerprint density at radius 1 is 1.75 bits per heavy atom. The molecule has 0 aromatic carbocycles. The molecule has 1 rings (SSSR count). The Morgan fingerprint density at radius 2 is 2.42 bits per heavy atom. The second-order valence-electron chi connectivity index (χ2n) is 2.96. The average molecular weight is 189 g/mol. The number of hydrogen-bond donors (Lipinski definition) is 2. The molecule has 0 aliphatic heterocycles. The molecule has 0 amide bonds. The number of guanidine groups is 1. The molecule has 0 aromatic heterocycles. The van der Waals surface area contributed by atoms with Gasteiger partial charge >= 0.3 is 0 Å². The maximum Gasteiger partial charge on any atom is 0.188 e. The molecule has 0 saturated heterocycles. The minimum absolute atomic E-state index is 0.489. The van der Waals surface area contributed by atoms with Crippen molar-refractivity contribution in [1.29, 1.82) is 0 Å². The number of aliphatic imine (C=N–C) groups is 1. The standard InChI is InChI=1S/C7H15N3OS/c1-12(11)5-4-9-7(8)10-6-2-3-6/h6H,2-5H2,1H3,(H3,8,9,10). The summed E-state index contributed by atoms with van der Waals surface area (Å²) in [6.07, 6.45) is 4.05. The lowest BCUT2D eigenvalue weighted by Gasteiger charge is -2.01. The van der Waals surface area contributed by atoms with E-state index < -0.39 is 10.8 Å².